The predicted octanol–water partition coefficient (Wildman–Crippen LogP) is 2.24. The second-order valence-electron chi connectivity index (χ2n) is 4.24. The fourth-order valence-corrected chi connectivity index (χ4v) is 2.32. The van der Waals surface area contributed by atoms with Crippen molar-refractivity contribution < 1.29 is 4.79 Å². The lowest BCUT2D eigenvalue weighted by molar-refractivity contribution is -0.120. The molecule has 18 heavy (non-hydrogen) atoms. The molecule has 1 amide bonds. The molecule has 0 saturated heterocycles. The molecule has 1 aliphatic rings. The first-order valence-electron chi connectivity index (χ1n) is 5.73. The monoisotopic (exact) mass is 291 g/mol. The third-order valence-corrected chi connectivity index (χ3v) is 3.21. The van der Waals surface area contributed by atoms with Gasteiger partial charge in [0.25, 0.3) is 0 Å². The van der Waals surface area contributed by atoms with E-state index in [1.54, 1.807) is 12.3 Å². The number of hydrogen-bond donors (Lipinski definition) is 2. The normalized spacial score (nSPS) is 21.6. The van der Waals surface area contributed by atoms with Gasteiger partial charge in [-0.2, -0.15) is 0 Å². The number of pyridine rings is 1. The van der Waals surface area contributed by atoms with Gasteiger partial charge >= 0.3 is 0 Å². The molecule has 1 fully saturated rings. The van der Waals surface area contributed by atoms with Crippen LogP contribution in [0.5, 0.6) is 0 Å². The van der Waals surface area contributed by atoms with Crippen LogP contribution in [0.3, 0.4) is 0 Å². The number of amides is 1. The van der Waals surface area contributed by atoms with Crippen LogP contribution in [-0.2, 0) is 4.79 Å². The molecule has 1 saturated carbocycles. The van der Waals surface area contributed by atoms with Crippen molar-refractivity contribution in [2.24, 2.45) is 17.6 Å². The van der Waals surface area contributed by atoms with Crippen molar-refractivity contribution in [3.05, 3.63) is 24.4 Å². The van der Waals surface area contributed by atoms with E-state index in [2.05, 4.69) is 10.3 Å². The lowest BCUT2D eigenvalue weighted by atomic mass is 9.95. The number of anilines is 1. The molecule has 1 aliphatic carbocycles. The summed E-state index contributed by atoms with van der Waals surface area (Å²) in [5.74, 6) is 1.08. The van der Waals surface area contributed by atoms with Crippen LogP contribution in [0.1, 0.15) is 19.3 Å². The second-order valence-corrected chi connectivity index (χ2v) is 4.24. The maximum Gasteiger partial charge on any atom is 0.228 e. The van der Waals surface area contributed by atoms with Gasteiger partial charge in [-0.3, -0.25) is 4.79 Å². The van der Waals surface area contributed by atoms with Gasteiger partial charge in [-0.25, -0.2) is 4.98 Å². The highest BCUT2D eigenvalue weighted by Crippen LogP contribution is 2.31. The Morgan fingerprint density at radius 2 is 2.17 bits per heavy atom. The Morgan fingerprint density at radius 3 is 2.78 bits per heavy atom. The van der Waals surface area contributed by atoms with Gasteiger partial charge in [0, 0.05) is 12.1 Å². The molecule has 3 N–H and O–H groups in total. The Kier molecular flexibility index (Phi) is 7.91. The van der Waals surface area contributed by atoms with Gasteiger partial charge in [-0.15, -0.1) is 24.8 Å². The zero-order valence-corrected chi connectivity index (χ0v) is 11.7. The van der Waals surface area contributed by atoms with E-state index in [9.17, 15) is 4.79 Å². The molecule has 0 aliphatic heterocycles. The average molecular weight is 292 g/mol. The molecular weight excluding hydrogens is 273 g/mol. The summed E-state index contributed by atoms with van der Waals surface area (Å²) in [6.45, 7) is 0.598. The molecule has 0 aromatic carbocycles. The van der Waals surface area contributed by atoms with E-state index in [-0.39, 0.29) is 36.6 Å². The molecule has 1 aromatic heterocycles. The minimum absolute atomic E-state index is 0. The summed E-state index contributed by atoms with van der Waals surface area (Å²) >= 11 is 0. The van der Waals surface area contributed by atoms with Crippen LogP contribution >= 0.6 is 24.8 Å². The topological polar surface area (TPSA) is 68.0 Å². The molecule has 1 aromatic rings. The van der Waals surface area contributed by atoms with Crippen LogP contribution in [0.25, 0.3) is 0 Å². The second kappa shape index (κ2) is 8.29. The highest BCUT2D eigenvalue weighted by Gasteiger charge is 2.31. The number of nitrogens with two attached hydrogens (primary N) is 1. The van der Waals surface area contributed by atoms with Gasteiger partial charge in [0.05, 0.1) is 0 Å². The maximum absolute atomic E-state index is 12.0. The quantitative estimate of drug-likeness (QED) is 0.897. The zero-order valence-electron chi connectivity index (χ0n) is 10.0. The SMILES string of the molecule is Cl.Cl.NC[C@H]1CCC[C@H]1C(=O)Nc1ccccn1. The zero-order chi connectivity index (χ0) is 11.4. The summed E-state index contributed by atoms with van der Waals surface area (Å²) in [5, 5.41) is 2.84. The number of aromatic nitrogens is 1. The summed E-state index contributed by atoms with van der Waals surface area (Å²) in [6.07, 6.45) is 4.78. The van der Waals surface area contributed by atoms with E-state index in [4.69, 9.17) is 5.73 Å². The minimum atomic E-state index is 0. The molecule has 0 unspecified atom stereocenters. The molecule has 102 valence electrons. The first-order valence-corrected chi connectivity index (χ1v) is 5.73. The third kappa shape index (κ3) is 4.12. The first-order chi connectivity index (χ1) is 7.81. The van der Waals surface area contributed by atoms with Crippen LogP contribution in [0, 0.1) is 11.8 Å². The summed E-state index contributed by atoms with van der Waals surface area (Å²) in [7, 11) is 0. The summed E-state index contributed by atoms with van der Waals surface area (Å²) in [6, 6.07) is 5.48. The van der Waals surface area contributed by atoms with Gasteiger partial charge in [-0.05, 0) is 37.4 Å². The van der Waals surface area contributed by atoms with Crippen molar-refractivity contribution in [2.45, 2.75) is 19.3 Å². The number of carbonyl (C=O) groups is 1. The Labute approximate surface area is 120 Å². The number of carbonyl (C=O) groups excluding carboxylic acids is 1. The number of nitrogens with one attached hydrogen (secondary N) is 1. The molecule has 0 bridgehead atoms. The van der Waals surface area contributed by atoms with E-state index in [0.717, 1.165) is 19.3 Å². The number of rotatable bonds is 3. The van der Waals surface area contributed by atoms with Crippen molar-refractivity contribution in [1.29, 1.82) is 0 Å². The van der Waals surface area contributed by atoms with Crippen molar-refractivity contribution in [2.75, 3.05) is 11.9 Å². The van der Waals surface area contributed by atoms with E-state index in [0.29, 0.717) is 18.3 Å². The van der Waals surface area contributed by atoms with Crippen molar-refractivity contribution in [3.8, 4) is 0 Å². The van der Waals surface area contributed by atoms with Crippen LogP contribution in [0.15, 0.2) is 24.4 Å². The smallest absolute Gasteiger partial charge is 0.228 e. The first kappa shape index (κ1) is 17.2. The standard InChI is InChI=1S/C12H17N3O.2ClH/c13-8-9-4-3-5-10(9)12(16)15-11-6-1-2-7-14-11;;/h1-2,6-7,9-10H,3-5,8,13H2,(H,14,15,16);2*1H/t9-,10-;;/m1../s1. The van der Waals surface area contributed by atoms with E-state index in [1.807, 2.05) is 12.1 Å². The highest BCUT2D eigenvalue weighted by molar-refractivity contribution is 5.92. The molecule has 2 atom stereocenters. The van der Waals surface area contributed by atoms with Crippen LogP contribution in [0.2, 0.25) is 0 Å². The van der Waals surface area contributed by atoms with Gasteiger partial charge < -0.3 is 11.1 Å². The van der Waals surface area contributed by atoms with Crippen LogP contribution in [0.4, 0.5) is 5.82 Å². The lowest BCUT2D eigenvalue weighted by Gasteiger charge is -2.16. The Hall–Kier alpha value is -0.840. The molecule has 4 nitrogen and oxygen atoms in total. The minimum Gasteiger partial charge on any atom is -0.330 e. The van der Waals surface area contributed by atoms with Gasteiger partial charge in [0.1, 0.15) is 5.82 Å². The maximum atomic E-state index is 12.0. The van der Waals surface area contributed by atoms with Crippen LogP contribution < -0.4 is 11.1 Å². The van der Waals surface area contributed by atoms with Crippen molar-refractivity contribution >= 4 is 36.5 Å². The van der Waals surface area contributed by atoms with Crippen LogP contribution in [-0.4, -0.2) is 17.4 Å². The van der Waals surface area contributed by atoms with Crippen molar-refractivity contribution in [1.82, 2.24) is 4.98 Å². The van der Waals surface area contributed by atoms with Crippen molar-refractivity contribution in [3.63, 3.8) is 0 Å². The van der Waals surface area contributed by atoms with Gasteiger partial charge in [0.2, 0.25) is 5.91 Å². The third-order valence-electron chi connectivity index (χ3n) is 3.21. The Balaban J connectivity index is 0.00000144. The fourth-order valence-electron chi connectivity index (χ4n) is 2.32. The molecular formula is C12H19Cl2N3O. The lowest BCUT2D eigenvalue weighted by Crippen LogP contribution is -2.29. The molecule has 6 heteroatoms. The van der Waals surface area contributed by atoms with E-state index in [1.165, 1.54) is 0 Å². The number of halogens is 2. The molecule has 1 heterocycles. The molecule has 0 spiro atoms. The molecule has 2 rings (SSSR count). The molecule has 0 radical (unpaired) electrons. The largest absolute Gasteiger partial charge is 0.330 e. The Bertz CT molecular complexity index is 362. The summed E-state index contributed by atoms with van der Waals surface area (Å²) in [5.41, 5.74) is 5.66. The predicted molar refractivity (Wildman–Crippen MR) is 77.2 cm³/mol. The number of hydrogen-bond acceptors (Lipinski definition) is 3. The van der Waals surface area contributed by atoms with E-state index < -0.39 is 0 Å². The van der Waals surface area contributed by atoms with E-state index >= 15 is 0 Å². The van der Waals surface area contributed by atoms with Gasteiger partial charge in [0.15, 0.2) is 0 Å². The number of nitrogens with zero attached hydrogens (tertiary/aromatic N) is 1. The summed E-state index contributed by atoms with van der Waals surface area (Å²) in [4.78, 5) is 16.1. The Morgan fingerprint density at radius 1 is 1.39 bits per heavy atom. The summed E-state index contributed by atoms with van der Waals surface area (Å²) < 4.78 is 0. The van der Waals surface area contributed by atoms with Gasteiger partial charge in [-0.1, -0.05) is 12.5 Å². The highest BCUT2D eigenvalue weighted by atomic mass is 35.5. The average Bonchev–Trinajstić information content (AvgIpc) is 2.78. The fraction of sp³-hybridized carbons (Fsp3) is 0.500.